The van der Waals surface area contributed by atoms with E-state index in [4.69, 9.17) is 48.9 Å². The Kier molecular flexibility index (Phi) is 30.8. The number of alkyl halides is 20. The van der Waals surface area contributed by atoms with Crippen molar-refractivity contribution in [2.45, 2.75) is 169 Å². The zero-order valence-corrected chi connectivity index (χ0v) is 66.1. The number of nitrogens with two attached hydrogens (primary N) is 2. The van der Waals surface area contributed by atoms with E-state index in [0.717, 1.165) is 61.3 Å². The number of primary amides is 2. The molecule has 6 aliphatic heterocycles. The minimum absolute atomic E-state index is 0.0546. The second kappa shape index (κ2) is 38.0. The number of halogens is 20. The van der Waals surface area contributed by atoms with E-state index in [-0.39, 0.29) is 72.1 Å². The molecule has 6 heterocycles. The summed E-state index contributed by atoms with van der Waals surface area (Å²) < 4.78 is 261. The predicted molar refractivity (Wildman–Crippen MR) is 399 cm³/mol. The number of hydrogen-bond donors (Lipinski definition) is 3. The molecule has 4 amide bonds. The van der Waals surface area contributed by atoms with Crippen LogP contribution in [0.3, 0.4) is 0 Å². The maximum Gasteiger partial charge on any atom is 0.416 e. The van der Waals surface area contributed by atoms with Crippen molar-refractivity contribution >= 4 is 49.6 Å². The second-order valence-electron chi connectivity index (χ2n) is 30.0. The Balaban J connectivity index is 0.000000203. The Hall–Kier alpha value is -7.50. The topological polar surface area (TPSA) is 172 Å². The van der Waals surface area contributed by atoms with Crippen molar-refractivity contribution in [3.8, 4) is 0 Å². The van der Waals surface area contributed by atoms with Gasteiger partial charge in [0.1, 0.15) is 0 Å². The summed E-state index contributed by atoms with van der Waals surface area (Å²) in [6.07, 6.45) is -26.9. The first-order valence-electron chi connectivity index (χ1n) is 36.8. The molecule has 12 atom stereocenters. The van der Waals surface area contributed by atoms with Crippen LogP contribution in [0.4, 0.5) is 88.6 Å². The van der Waals surface area contributed by atoms with Gasteiger partial charge in [-0.05, 0) is 167 Å². The van der Waals surface area contributed by atoms with Crippen LogP contribution >= 0.6 is 23.2 Å². The van der Waals surface area contributed by atoms with Crippen LogP contribution in [-0.4, -0.2) is 153 Å². The molecule has 0 saturated carbocycles. The molecule has 115 heavy (non-hydrogen) atoms. The van der Waals surface area contributed by atoms with Gasteiger partial charge in [-0.15, -0.1) is 23.2 Å². The van der Waals surface area contributed by atoms with Gasteiger partial charge in [0.15, 0.2) is 8.24 Å². The number of nitrogens with one attached hydrogen (secondary N) is 1. The highest BCUT2D eigenvalue weighted by Gasteiger charge is 2.52. The van der Waals surface area contributed by atoms with Crippen LogP contribution in [0.2, 0.25) is 19.6 Å². The van der Waals surface area contributed by atoms with E-state index in [2.05, 4.69) is 24.7 Å². The Morgan fingerprint density at radius 2 is 0.730 bits per heavy atom. The van der Waals surface area contributed by atoms with Crippen molar-refractivity contribution in [3.05, 3.63) is 212 Å². The van der Waals surface area contributed by atoms with Crippen LogP contribution in [0, 0.1) is 0 Å². The molecule has 6 aromatic rings. The smallest absolute Gasteiger partial charge is 0.372 e. The number of urea groups is 2. The minimum atomic E-state index is -4.93. The summed E-state index contributed by atoms with van der Waals surface area (Å²) in [5.74, 6) is 0. The number of piperazine rings is 3. The zero-order chi connectivity index (χ0) is 85.1. The number of carbonyl (C=O) groups is 2. The molecule has 6 saturated heterocycles. The van der Waals surface area contributed by atoms with Gasteiger partial charge in [0, 0.05) is 77.0 Å². The van der Waals surface area contributed by atoms with Gasteiger partial charge in [-0.2, -0.15) is 79.0 Å². The lowest BCUT2D eigenvalue weighted by Crippen LogP contribution is -2.66. The summed E-state index contributed by atoms with van der Waals surface area (Å²) in [5.41, 5.74) is 3.46. The van der Waals surface area contributed by atoms with Crippen molar-refractivity contribution in [3.63, 3.8) is 0 Å². The van der Waals surface area contributed by atoms with Gasteiger partial charge in [0.05, 0.1) is 93.5 Å². The normalized spacial score (nSPS) is 24.4. The van der Waals surface area contributed by atoms with Crippen LogP contribution in [0.25, 0.3) is 0 Å². The minimum Gasteiger partial charge on any atom is -0.372 e. The number of fused-ring (bicyclic) bond motifs is 6. The fraction of sp³-hybridized carbons (Fsp3) is 0.506. The summed E-state index contributed by atoms with van der Waals surface area (Å²) in [6, 6.07) is 32.6. The first-order valence-corrected chi connectivity index (χ1v) is 41.3. The lowest BCUT2D eigenvalue weighted by atomic mass is 9.78. The summed E-state index contributed by atoms with van der Waals surface area (Å²) in [7, 11) is -1.46. The molecule has 6 aromatic carbocycles. The fourth-order valence-electron chi connectivity index (χ4n) is 15.5. The summed E-state index contributed by atoms with van der Waals surface area (Å²) in [6.45, 7) is 16.0. The molecule has 12 rings (SSSR count). The highest BCUT2D eigenvalue weighted by atomic mass is 35.5. The number of ether oxygens (including phenoxy) is 3. The summed E-state index contributed by atoms with van der Waals surface area (Å²) in [4.78, 5) is 43.1. The zero-order valence-electron chi connectivity index (χ0n) is 63.6. The van der Waals surface area contributed by atoms with Crippen LogP contribution in [0.15, 0.2) is 150 Å². The molecule has 36 heteroatoms. The Labute approximate surface area is 665 Å². The van der Waals surface area contributed by atoms with Crippen molar-refractivity contribution in [1.82, 2.24) is 29.8 Å². The van der Waals surface area contributed by atoms with Gasteiger partial charge >= 0.3 is 49.1 Å². The molecule has 5 N–H and O–H groups in total. The number of isocyanates is 1. The fourth-order valence-corrected chi connectivity index (χ4v) is 15.8. The van der Waals surface area contributed by atoms with Gasteiger partial charge in [0.25, 0.3) is 0 Å². The van der Waals surface area contributed by atoms with Crippen LogP contribution in [-0.2, 0) is 72.7 Å². The number of hydrogen-bond acceptors (Lipinski definition) is 11. The summed E-state index contributed by atoms with van der Waals surface area (Å²) >= 11 is 9.53. The lowest BCUT2D eigenvalue weighted by molar-refractivity contribution is -0.145. The molecule has 3 unspecified atom stereocenters. The van der Waals surface area contributed by atoms with Crippen molar-refractivity contribution in [1.29, 1.82) is 0 Å². The van der Waals surface area contributed by atoms with E-state index in [1.807, 2.05) is 111 Å². The second-order valence-corrected chi connectivity index (χ2v) is 35.4. The molecule has 6 bridgehead atoms. The SMILES string of the molecule is C[C@@H](OC[C@@]1(c2ccccc2)CC[C@@H]2CN1CCN2)c1cc(C(F)(F)F)cc(C(F)(F)F)c1.C[C@@H](OC[C@@]1(c2ccccc2)CC[C@@H]2CN1CCN2C(N)=O)c1cc(C(F)(F)F)cc(C(F)(F)F)c1.C[C@@H](OC[C@@]1(c2ccccc2)CC[C@@H]2CN1CCN2C(N)=O)c1cc(C(F)(F)F)cc(C(F)(F)F)c1.C[Si](C)(C)N=C=O.ClCCl. The average Bonchev–Trinajstić information content (AvgIpc) is 0.759. The van der Waals surface area contributed by atoms with Gasteiger partial charge in [-0.3, -0.25) is 14.7 Å². The first-order chi connectivity index (χ1) is 53.6. The van der Waals surface area contributed by atoms with E-state index in [0.29, 0.717) is 95.3 Å². The summed E-state index contributed by atoms with van der Waals surface area (Å²) in [5, 5.41) is 3.67. The largest absolute Gasteiger partial charge is 0.416 e. The number of benzene rings is 6. The monoisotopic (exact) mass is 1700 g/mol. The maximum absolute atomic E-state index is 13.3. The van der Waals surface area contributed by atoms with E-state index in [1.54, 1.807) is 15.9 Å². The first kappa shape index (κ1) is 93.0. The van der Waals surface area contributed by atoms with E-state index in [9.17, 15) is 93.4 Å². The number of piperidine rings is 3. The van der Waals surface area contributed by atoms with E-state index < -0.39 is 126 Å². The van der Waals surface area contributed by atoms with Crippen LogP contribution in [0.1, 0.15) is 144 Å². The number of amides is 4. The maximum atomic E-state index is 13.3. The van der Waals surface area contributed by atoms with Crippen molar-refractivity contribution < 1.29 is 108 Å². The highest BCUT2D eigenvalue weighted by molar-refractivity contribution is 6.74. The third-order valence-corrected chi connectivity index (χ3v) is 22.3. The molecule has 6 aliphatic rings. The Morgan fingerprint density at radius 3 is 0.974 bits per heavy atom. The quantitative estimate of drug-likeness (QED) is 0.0278. The van der Waals surface area contributed by atoms with Crippen LogP contribution < -0.4 is 16.8 Å². The van der Waals surface area contributed by atoms with Gasteiger partial charge in [-0.25, -0.2) is 19.0 Å². The van der Waals surface area contributed by atoms with Gasteiger partial charge < -0.3 is 40.8 Å². The standard InChI is InChI=1S/2C25H27F6N3O2.C24H26F6N2O.C4H9NOSi.CH2Cl2/c2*1-16(17-11-19(24(26,27)28)13-20(12-17)25(29,30)31)36-15-23(18-5-3-2-4-6-18)8-7-21-14-33(23)9-10-34(21)22(32)35;1-16(17-11-19(23(25,26)27)13-20(12-17)24(28,29)30)33-15-22(18-5-3-2-4-6-18)8-7-21-14-32(22)10-9-31-21;1-7(2,3)5-4-6;2-1-3/h2*2-6,11-13,16,21H,7-10,14-15H2,1H3,(H2,32,35);2-6,11-13,16,21,31H,7-10,14-15H2,1H3;1-3H3;1H2/t2*16-,21-,23-;16-,21-,22-;;/m111../s1. The molecule has 15 nitrogen and oxygen atoms in total. The van der Waals surface area contributed by atoms with Crippen molar-refractivity contribution in [2.75, 3.05) is 84.1 Å². The molecular formula is C79H91Cl2F18N9O6Si. The molecule has 6 fully saturated rings. The molecule has 632 valence electrons. The number of nitrogens with zero attached hydrogens (tertiary/aromatic N) is 6. The highest BCUT2D eigenvalue weighted by Crippen LogP contribution is 2.48. The number of rotatable bonds is 16. The third kappa shape index (κ3) is 23.9. The van der Waals surface area contributed by atoms with Crippen molar-refractivity contribution in [2.24, 2.45) is 16.1 Å². The Morgan fingerprint density at radius 1 is 0.461 bits per heavy atom. The predicted octanol–water partition coefficient (Wildman–Crippen LogP) is 19.5. The van der Waals surface area contributed by atoms with Gasteiger partial charge in [-0.1, -0.05) is 91.0 Å². The van der Waals surface area contributed by atoms with Crippen LogP contribution in [0.5, 0.6) is 0 Å². The van der Waals surface area contributed by atoms with E-state index >= 15 is 0 Å². The molecule has 0 spiro atoms. The average molecular weight is 1700 g/mol. The third-order valence-electron chi connectivity index (χ3n) is 21.6. The number of carbonyl (C=O) groups excluding carboxylic acids is 3. The molecule has 0 radical (unpaired) electrons. The molecule has 0 aromatic heterocycles. The lowest BCUT2D eigenvalue weighted by Gasteiger charge is -2.55. The molecular weight excluding hydrogens is 1610 g/mol. The van der Waals surface area contributed by atoms with Gasteiger partial charge in [0.2, 0.25) is 6.08 Å². The van der Waals surface area contributed by atoms with E-state index in [1.165, 1.54) is 20.8 Å². The Bertz CT molecular complexity index is 3970. The molecule has 0 aliphatic carbocycles.